The van der Waals surface area contributed by atoms with Gasteiger partial charge in [0.2, 0.25) is 0 Å². The van der Waals surface area contributed by atoms with E-state index in [9.17, 15) is 4.79 Å². The lowest BCUT2D eigenvalue weighted by Gasteiger charge is -2.02. The first-order chi connectivity index (χ1) is 9.45. The highest BCUT2D eigenvalue weighted by Crippen LogP contribution is 2.11. The predicted octanol–water partition coefficient (Wildman–Crippen LogP) is 3.94. The van der Waals surface area contributed by atoms with Crippen LogP contribution in [0.15, 0.2) is 34.9 Å². The smallest absolute Gasteiger partial charge is 0.302 e. The van der Waals surface area contributed by atoms with Crippen LogP contribution < -0.4 is 0 Å². The highest BCUT2D eigenvalue weighted by atomic mass is 16.5. The first kappa shape index (κ1) is 18.7. The molecular weight excluding hydrogens is 252 g/mol. The molecule has 0 atom stereocenters. The number of allylic oxidation sites excluding steroid dienone is 4. The molecule has 3 heteroatoms. The average Bonchev–Trinajstić information content (AvgIpc) is 2.38. The second-order valence-corrected chi connectivity index (χ2v) is 5.19. The summed E-state index contributed by atoms with van der Waals surface area (Å²) in [4.78, 5) is 10.6. The van der Waals surface area contributed by atoms with E-state index in [0.29, 0.717) is 6.61 Å². The standard InChI is InChI=1S/C17H28O3/c1-14(8-6-10-16(3)13-18)7-5-9-15(2)11-12-20-17(4)19/h7,10-11,18H,5-6,8-9,12-13H2,1-4H3. The first-order valence-corrected chi connectivity index (χ1v) is 7.16. The quantitative estimate of drug-likeness (QED) is 0.514. The van der Waals surface area contributed by atoms with Crippen LogP contribution in [0.1, 0.15) is 53.4 Å². The summed E-state index contributed by atoms with van der Waals surface area (Å²) in [6.07, 6.45) is 10.3. The fraction of sp³-hybridized carbons (Fsp3) is 0.588. The van der Waals surface area contributed by atoms with Crippen molar-refractivity contribution in [2.75, 3.05) is 13.2 Å². The van der Waals surface area contributed by atoms with Crippen LogP contribution in [0.25, 0.3) is 0 Å². The summed E-state index contributed by atoms with van der Waals surface area (Å²) in [5.41, 5.74) is 3.65. The van der Waals surface area contributed by atoms with Crippen LogP contribution in [0.4, 0.5) is 0 Å². The van der Waals surface area contributed by atoms with Crippen LogP contribution in [0.3, 0.4) is 0 Å². The molecule has 3 nitrogen and oxygen atoms in total. The van der Waals surface area contributed by atoms with Gasteiger partial charge in [0, 0.05) is 6.92 Å². The minimum Gasteiger partial charge on any atom is -0.462 e. The van der Waals surface area contributed by atoms with E-state index >= 15 is 0 Å². The predicted molar refractivity (Wildman–Crippen MR) is 83.5 cm³/mol. The van der Waals surface area contributed by atoms with E-state index in [2.05, 4.69) is 26.0 Å². The van der Waals surface area contributed by atoms with Gasteiger partial charge in [-0.05, 0) is 52.5 Å². The summed E-state index contributed by atoms with van der Waals surface area (Å²) in [6.45, 7) is 8.07. The number of ether oxygens (including phenoxy) is 1. The van der Waals surface area contributed by atoms with Gasteiger partial charge in [0.15, 0.2) is 0 Å². The fourth-order valence-corrected chi connectivity index (χ4v) is 1.66. The number of hydrogen-bond acceptors (Lipinski definition) is 3. The van der Waals surface area contributed by atoms with Gasteiger partial charge in [-0.3, -0.25) is 4.79 Å². The lowest BCUT2D eigenvalue weighted by atomic mass is 10.1. The number of carbonyl (C=O) groups is 1. The van der Waals surface area contributed by atoms with Crippen molar-refractivity contribution in [1.82, 2.24) is 0 Å². The van der Waals surface area contributed by atoms with Gasteiger partial charge in [-0.1, -0.05) is 28.9 Å². The molecule has 0 aliphatic heterocycles. The molecule has 0 rings (SSSR count). The van der Waals surface area contributed by atoms with Gasteiger partial charge in [-0.2, -0.15) is 0 Å². The van der Waals surface area contributed by atoms with Gasteiger partial charge in [-0.15, -0.1) is 0 Å². The van der Waals surface area contributed by atoms with Crippen molar-refractivity contribution < 1.29 is 14.6 Å². The Bertz CT molecular complexity index is 376. The topological polar surface area (TPSA) is 46.5 Å². The fourth-order valence-electron chi connectivity index (χ4n) is 1.66. The van der Waals surface area contributed by atoms with E-state index in [0.717, 1.165) is 31.3 Å². The van der Waals surface area contributed by atoms with Crippen LogP contribution >= 0.6 is 0 Å². The minimum absolute atomic E-state index is 0.148. The molecule has 20 heavy (non-hydrogen) atoms. The maximum atomic E-state index is 10.6. The highest BCUT2D eigenvalue weighted by molar-refractivity contribution is 5.66. The molecule has 0 bridgehead atoms. The van der Waals surface area contributed by atoms with Gasteiger partial charge in [0.1, 0.15) is 6.61 Å². The van der Waals surface area contributed by atoms with E-state index in [4.69, 9.17) is 9.84 Å². The molecule has 0 aromatic rings. The van der Waals surface area contributed by atoms with Crippen molar-refractivity contribution in [2.45, 2.75) is 53.4 Å². The monoisotopic (exact) mass is 280 g/mol. The van der Waals surface area contributed by atoms with E-state index < -0.39 is 0 Å². The van der Waals surface area contributed by atoms with Crippen LogP contribution in [0.5, 0.6) is 0 Å². The average molecular weight is 280 g/mol. The Morgan fingerprint density at radius 1 is 0.900 bits per heavy atom. The van der Waals surface area contributed by atoms with Crippen LogP contribution in [-0.4, -0.2) is 24.3 Å². The number of rotatable bonds is 9. The Balaban J connectivity index is 3.89. The summed E-state index contributed by atoms with van der Waals surface area (Å²) in [7, 11) is 0. The first-order valence-electron chi connectivity index (χ1n) is 7.16. The zero-order chi connectivity index (χ0) is 15.4. The molecule has 0 saturated heterocycles. The number of hydrogen-bond donors (Lipinski definition) is 1. The molecule has 0 heterocycles. The SMILES string of the molecule is CC(=O)OCC=C(C)CCC=C(C)CCC=C(C)CO. The molecule has 0 aromatic heterocycles. The lowest BCUT2D eigenvalue weighted by Crippen LogP contribution is -1.98. The zero-order valence-electron chi connectivity index (χ0n) is 13.2. The summed E-state index contributed by atoms with van der Waals surface area (Å²) in [5.74, 6) is -0.240. The normalized spacial score (nSPS) is 13.6. The molecule has 0 saturated carbocycles. The van der Waals surface area contributed by atoms with Gasteiger partial charge < -0.3 is 9.84 Å². The minimum atomic E-state index is -0.240. The van der Waals surface area contributed by atoms with Gasteiger partial charge in [0.25, 0.3) is 0 Å². The molecule has 114 valence electrons. The molecule has 0 aromatic carbocycles. The van der Waals surface area contributed by atoms with Crippen molar-refractivity contribution in [3.63, 3.8) is 0 Å². The van der Waals surface area contributed by atoms with Crippen molar-refractivity contribution in [2.24, 2.45) is 0 Å². The van der Waals surface area contributed by atoms with Crippen molar-refractivity contribution in [1.29, 1.82) is 0 Å². The molecule has 0 radical (unpaired) electrons. The molecule has 0 unspecified atom stereocenters. The largest absolute Gasteiger partial charge is 0.462 e. The summed E-state index contributed by atoms with van der Waals surface area (Å²) in [6, 6.07) is 0. The number of aliphatic hydroxyl groups is 1. The second-order valence-electron chi connectivity index (χ2n) is 5.19. The Morgan fingerprint density at radius 3 is 1.90 bits per heavy atom. The van der Waals surface area contributed by atoms with E-state index in [1.54, 1.807) is 0 Å². The van der Waals surface area contributed by atoms with E-state index in [1.165, 1.54) is 18.1 Å². The molecule has 0 fully saturated rings. The molecule has 0 aliphatic carbocycles. The lowest BCUT2D eigenvalue weighted by molar-refractivity contribution is -0.139. The maximum absolute atomic E-state index is 10.6. The number of esters is 1. The zero-order valence-corrected chi connectivity index (χ0v) is 13.2. The van der Waals surface area contributed by atoms with Gasteiger partial charge in [-0.25, -0.2) is 0 Å². The Kier molecular flexibility index (Phi) is 10.7. The number of carbonyl (C=O) groups excluding carboxylic acids is 1. The third kappa shape index (κ3) is 11.7. The summed E-state index contributed by atoms with van der Waals surface area (Å²) < 4.78 is 4.87. The van der Waals surface area contributed by atoms with Gasteiger partial charge >= 0.3 is 5.97 Å². The molecule has 1 N–H and O–H groups in total. The Labute approximate surface area is 123 Å². The van der Waals surface area contributed by atoms with Crippen LogP contribution in [0, 0.1) is 0 Å². The summed E-state index contributed by atoms with van der Waals surface area (Å²) in [5, 5.41) is 8.89. The van der Waals surface area contributed by atoms with E-state index in [1.807, 2.05) is 13.0 Å². The number of aliphatic hydroxyl groups excluding tert-OH is 1. The van der Waals surface area contributed by atoms with Crippen molar-refractivity contribution >= 4 is 5.97 Å². The Morgan fingerprint density at radius 2 is 1.40 bits per heavy atom. The third-order valence-electron chi connectivity index (χ3n) is 3.03. The molecular formula is C17H28O3. The second kappa shape index (κ2) is 11.5. The van der Waals surface area contributed by atoms with Crippen molar-refractivity contribution in [3.05, 3.63) is 34.9 Å². The van der Waals surface area contributed by atoms with Crippen LogP contribution in [-0.2, 0) is 9.53 Å². The summed E-state index contributed by atoms with van der Waals surface area (Å²) >= 11 is 0. The molecule has 0 amide bonds. The maximum Gasteiger partial charge on any atom is 0.302 e. The molecule has 0 spiro atoms. The van der Waals surface area contributed by atoms with Gasteiger partial charge in [0.05, 0.1) is 6.61 Å². The Hall–Kier alpha value is -1.35. The van der Waals surface area contributed by atoms with Crippen LogP contribution in [0.2, 0.25) is 0 Å². The van der Waals surface area contributed by atoms with E-state index in [-0.39, 0.29) is 12.6 Å². The third-order valence-corrected chi connectivity index (χ3v) is 3.03. The molecule has 0 aliphatic rings. The van der Waals surface area contributed by atoms with Crippen molar-refractivity contribution in [3.8, 4) is 0 Å². The highest BCUT2D eigenvalue weighted by Gasteiger charge is 1.93.